The summed E-state index contributed by atoms with van der Waals surface area (Å²) in [5.41, 5.74) is 7.40. The predicted molar refractivity (Wildman–Crippen MR) is 89.6 cm³/mol. The zero-order valence-electron chi connectivity index (χ0n) is 13.3. The number of hydrogen-bond acceptors (Lipinski definition) is 4. The quantitative estimate of drug-likeness (QED) is 0.823. The van der Waals surface area contributed by atoms with E-state index in [2.05, 4.69) is 0 Å². The van der Waals surface area contributed by atoms with Crippen molar-refractivity contribution in [1.82, 2.24) is 4.90 Å². The van der Waals surface area contributed by atoms with E-state index in [1.54, 1.807) is 0 Å². The van der Waals surface area contributed by atoms with Gasteiger partial charge < -0.3 is 10.5 Å². The molecule has 24 heavy (non-hydrogen) atoms. The lowest BCUT2D eigenvalue weighted by Gasteiger charge is -2.45. The molecule has 1 aliphatic heterocycles. The molecule has 0 radical (unpaired) electrons. The van der Waals surface area contributed by atoms with Crippen molar-refractivity contribution in [2.24, 2.45) is 5.73 Å². The van der Waals surface area contributed by atoms with E-state index in [-0.39, 0.29) is 12.6 Å². The maximum Gasteiger partial charge on any atom is 0.323 e. The molecule has 0 spiro atoms. The highest BCUT2D eigenvalue weighted by molar-refractivity contribution is 5.86. The van der Waals surface area contributed by atoms with Crippen molar-refractivity contribution in [3.05, 3.63) is 71.8 Å². The Morgan fingerprint density at radius 1 is 0.958 bits per heavy atom. The molecule has 2 aromatic carbocycles. The highest BCUT2D eigenvalue weighted by Crippen LogP contribution is 2.29. The first kappa shape index (κ1) is 16.2. The second-order valence-electron chi connectivity index (χ2n) is 5.92. The van der Waals surface area contributed by atoms with Crippen LogP contribution < -0.4 is 5.73 Å². The fourth-order valence-electron chi connectivity index (χ4n) is 2.91. The summed E-state index contributed by atoms with van der Waals surface area (Å²) in [6, 6.07) is 18.4. The lowest BCUT2D eigenvalue weighted by atomic mass is 9.91. The Kier molecular flexibility index (Phi) is 4.91. The zero-order chi connectivity index (χ0) is 16.9. The monoisotopic (exact) mass is 324 g/mol. The summed E-state index contributed by atoms with van der Waals surface area (Å²) in [6.07, 6.45) is 0.412. The molecule has 0 aromatic heterocycles. The molecule has 0 saturated carbocycles. The predicted octanol–water partition coefficient (Wildman–Crippen LogP) is 1.86. The normalized spacial score (nSPS) is 20.2. The third kappa shape index (κ3) is 3.63. The third-order valence-electron chi connectivity index (χ3n) is 4.28. The standard InChI is InChI=1S/C19H20N2O3/c20-18(22)16-11-17(21(16)12-14-7-3-1-4-8-14)19(23)24-13-15-9-5-2-6-10-15/h1-10,16-17H,11-13H2,(H2,20,22)/t16-,17+/m0/s1. The molecule has 0 unspecified atom stereocenters. The molecular weight excluding hydrogens is 304 g/mol. The van der Waals surface area contributed by atoms with Gasteiger partial charge in [0, 0.05) is 6.54 Å². The Labute approximate surface area is 141 Å². The Balaban J connectivity index is 1.63. The molecule has 1 aliphatic rings. The van der Waals surface area contributed by atoms with Crippen molar-refractivity contribution in [2.75, 3.05) is 0 Å². The number of esters is 1. The number of ether oxygens (including phenoxy) is 1. The molecule has 3 rings (SSSR count). The lowest BCUT2D eigenvalue weighted by Crippen LogP contribution is -2.63. The van der Waals surface area contributed by atoms with Gasteiger partial charge in [-0.05, 0) is 17.5 Å². The fourth-order valence-corrected chi connectivity index (χ4v) is 2.91. The molecule has 1 fully saturated rings. The van der Waals surface area contributed by atoms with Crippen molar-refractivity contribution < 1.29 is 14.3 Å². The first-order chi connectivity index (χ1) is 11.6. The second-order valence-corrected chi connectivity index (χ2v) is 5.92. The van der Waals surface area contributed by atoms with Crippen LogP contribution in [0.4, 0.5) is 0 Å². The summed E-state index contributed by atoms with van der Waals surface area (Å²) in [6.45, 7) is 0.732. The summed E-state index contributed by atoms with van der Waals surface area (Å²) in [5.74, 6) is -0.717. The number of nitrogens with two attached hydrogens (primary N) is 1. The number of nitrogens with zero attached hydrogens (tertiary/aromatic N) is 1. The van der Waals surface area contributed by atoms with E-state index in [0.717, 1.165) is 11.1 Å². The van der Waals surface area contributed by atoms with Crippen molar-refractivity contribution in [2.45, 2.75) is 31.7 Å². The smallest absolute Gasteiger partial charge is 0.323 e. The van der Waals surface area contributed by atoms with Crippen LogP contribution in [0.3, 0.4) is 0 Å². The van der Waals surface area contributed by atoms with Crippen molar-refractivity contribution in [3.8, 4) is 0 Å². The van der Waals surface area contributed by atoms with Crippen LogP contribution >= 0.6 is 0 Å². The first-order valence-electron chi connectivity index (χ1n) is 7.94. The van der Waals surface area contributed by atoms with Gasteiger partial charge in [-0.25, -0.2) is 0 Å². The van der Waals surface area contributed by atoms with Crippen LogP contribution in [0, 0.1) is 0 Å². The number of carbonyl (C=O) groups is 2. The first-order valence-corrected chi connectivity index (χ1v) is 7.94. The van der Waals surface area contributed by atoms with Crippen molar-refractivity contribution in [1.29, 1.82) is 0 Å². The topological polar surface area (TPSA) is 72.6 Å². The Morgan fingerprint density at radius 3 is 2.12 bits per heavy atom. The summed E-state index contributed by atoms with van der Waals surface area (Å²) < 4.78 is 5.40. The van der Waals surface area contributed by atoms with Gasteiger partial charge in [-0.1, -0.05) is 60.7 Å². The van der Waals surface area contributed by atoms with Gasteiger partial charge in [-0.2, -0.15) is 0 Å². The van der Waals surface area contributed by atoms with E-state index in [0.29, 0.717) is 13.0 Å². The van der Waals surface area contributed by atoms with E-state index >= 15 is 0 Å². The molecule has 2 N–H and O–H groups in total. The van der Waals surface area contributed by atoms with E-state index in [9.17, 15) is 9.59 Å². The van der Waals surface area contributed by atoms with Crippen LogP contribution in [-0.2, 0) is 27.5 Å². The fraction of sp³-hybridized carbons (Fsp3) is 0.263. The molecule has 124 valence electrons. The lowest BCUT2D eigenvalue weighted by molar-refractivity contribution is -0.163. The summed E-state index contributed by atoms with van der Waals surface area (Å²) in [5, 5.41) is 0. The highest BCUT2D eigenvalue weighted by atomic mass is 16.5. The summed E-state index contributed by atoms with van der Waals surface area (Å²) in [7, 11) is 0. The molecule has 1 saturated heterocycles. The van der Waals surface area contributed by atoms with E-state index in [1.165, 1.54) is 0 Å². The number of benzene rings is 2. The molecule has 2 aromatic rings. The van der Waals surface area contributed by atoms with E-state index < -0.39 is 18.0 Å². The molecule has 1 heterocycles. The summed E-state index contributed by atoms with van der Waals surface area (Å²) >= 11 is 0. The van der Waals surface area contributed by atoms with Gasteiger partial charge in [0.25, 0.3) is 0 Å². The van der Waals surface area contributed by atoms with Crippen LogP contribution in [0.25, 0.3) is 0 Å². The minimum absolute atomic E-state index is 0.233. The number of carbonyl (C=O) groups excluding carboxylic acids is 2. The van der Waals surface area contributed by atoms with Crippen molar-refractivity contribution in [3.63, 3.8) is 0 Å². The largest absolute Gasteiger partial charge is 0.460 e. The Bertz CT molecular complexity index is 703. The molecule has 1 amide bonds. The number of amides is 1. The Morgan fingerprint density at radius 2 is 1.54 bits per heavy atom. The van der Waals surface area contributed by atoms with Crippen LogP contribution in [0.2, 0.25) is 0 Å². The number of hydrogen-bond donors (Lipinski definition) is 1. The van der Waals surface area contributed by atoms with Gasteiger partial charge in [0.1, 0.15) is 12.6 Å². The average Bonchev–Trinajstić information content (AvgIpc) is 2.58. The molecule has 5 nitrogen and oxygen atoms in total. The number of rotatable bonds is 6. The van der Waals surface area contributed by atoms with Crippen LogP contribution in [0.15, 0.2) is 60.7 Å². The zero-order valence-corrected chi connectivity index (χ0v) is 13.3. The van der Waals surface area contributed by atoms with Crippen LogP contribution in [0.5, 0.6) is 0 Å². The maximum absolute atomic E-state index is 12.4. The van der Waals surface area contributed by atoms with E-state index in [4.69, 9.17) is 10.5 Å². The molecular formula is C19H20N2O3. The van der Waals surface area contributed by atoms with Gasteiger partial charge in [-0.15, -0.1) is 0 Å². The number of likely N-dealkylation sites (tertiary alicyclic amines) is 1. The summed E-state index contributed by atoms with van der Waals surface area (Å²) in [4.78, 5) is 25.7. The van der Waals surface area contributed by atoms with Crippen LogP contribution in [-0.4, -0.2) is 28.9 Å². The maximum atomic E-state index is 12.4. The van der Waals surface area contributed by atoms with Crippen molar-refractivity contribution >= 4 is 11.9 Å². The SMILES string of the molecule is NC(=O)[C@@H]1C[C@H](C(=O)OCc2ccccc2)N1Cc1ccccc1. The van der Waals surface area contributed by atoms with Gasteiger partial charge >= 0.3 is 5.97 Å². The molecule has 0 aliphatic carbocycles. The highest BCUT2D eigenvalue weighted by Gasteiger charge is 2.46. The Hall–Kier alpha value is -2.66. The van der Waals surface area contributed by atoms with Gasteiger partial charge in [0.05, 0.1) is 6.04 Å². The number of primary amides is 1. The average molecular weight is 324 g/mol. The van der Waals surface area contributed by atoms with Gasteiger partial charge in [0.2, 0.25) is 5.91 Å². The molecule has 5 heteroatoms. The van der Waals surface area contributed by atoms with E-state index in [1.807, 2.05) is 65.6 Å². The van der Waals surface area contributed by atoms with Gasteiger partial charge in [0.15, 0.2) is 0 Å². The second kappa shape index (κ2) is 7.27. The van der Waals surface area contributed by atoms with Crippen LogP contribution in [0.1, 0.15) is 17.5 Å². The molecule has 0 bridgehead atoms. The third-order valence-corrected chi connectivity index (χ3v) is 4.28. The molecule has 2 atom stereocenters. The minimum Gasteiger partial charge on any atom is -0.460 e. The minimum atomic E-state index is -0.425. The van der Waals surface area contributed by atoms with Gasteiger partial charge in [-0.3, -0.25) is 14.5 Å².